The molecule has 1 aliphatic rings. The largest absolute Gasteiger partial charge is 0.484 e. The molecule has 0 aliphatic carbocycles. The number of rotatable bonds is 5. The van der Waals surface area contributed by atoms with Crippen LogP contribution in [-0.4, -0.2) is 57.7 Å². The first kappa shape index (κ1) is 17.4. The second-order valence-electron chi connectivity index (χ2n) is 6.70. The van der Waals surface area contributed by atoms with Crippen LogP contribution in [0.25, 0.3) is 11.3 Å². The Morgan fingerprint density at radius 2 is 2.08 bits per heavy atom. The Labute approximate surface area is 147 Å². The molecule has 1 aromatic heterocycles. The van der Waals surface area contributed by atoms with Crippen molar-refractivity contribution in [2.45, 2.75) is 32.9 Å². The van der Waals surface area contributed by atoms with Gasteiger partial charge in [0.2, 0.25) is 0 Å². The van der Waals surface area contributed by atoms with E-state index in [2.05, 4.69) is 10.3 Å². The van der Waals surface area contributed by atoms with Crippen molar-refractivity contribution in [2.24, 2.45) is 0 Å². The van der Waals surface area contributed by atoms with E-state index < -0.39 is 0 Å². The maximum atomic E-state index is 12.3. The molecule has 1 amide bonds. The number of aromatic nitrogens is 3. The van der Waals surface area contributed by atoms with Crippen molar-refractivity contribution >= 4 is 5.91 Å². The van der Waals surface area contributed by atoms with Crippen LogP contribution in [-0.2, 0) is 16.1 Å². The minimum Gasteiger partial charge on any atom is -0.484 e. The number of carbonyl (C=O) groups excluding carboxylic acids is 1. The Hall–Kier alpha value is -2.41. The van der Waals surface area contributed by atoms with Gasteiger partial charge in [-0.1, -0.05) is 5.21 Å². The highest BCUT2D eigenvalue weighted by atomic mass is 16.5. The van der Waals surface area contributed by atoms with Crippen molar-refractivity contribution in [3.8, 4) is 17.0 Å². The van der Waals surface area contributed by atoms with Gasteiger partial charge in [-0.3, -0.25) is 9.48 Å². The van der Waals surface area contributed by atoms with Crippen molar-refractivity contribution in [1.29, 1.82) is 0 Å². The molecule has 25 heavy (non-hydrogen) atoms. The summed E-state index contributed by atoms with van der Waals surface area (Å²) in [6.45, 7) is 8.56. The molecule has 0 bridgehead atoms. The van der Waals surface area contributed by atoms with Gasteiger partial charge in [-0.05, 0) is 45.0 Å². The zero-order chi connectivity index (χ0) is 17.9. The van der Waals surface area contributed by atoms with E-state index >= 15 is 0 Å². The number of amides is 1. The number of aryl methyl sites for hydroxylation is 1. The lowest BCUT2D eigenvalue weighted by Crippen LogP contribution is -2.51. The third-order valence-corrected chi connectivity index (χ3v) is 4.15. The smallest absolute Gasteiger partial charge is 0.260 e. The Morgan fingerprint density at radius 3 is 2.72 bits per heavy atom. The van der Waals surface area contributed by atoms with Crippen molar-refractivity contribution in [1.82, 2.24) is 19.9 Å². The molecule has 0 unspecified atom stereocenters. The Bertz CT molecular complexity index is 724. The van der Waals surface area contributed by atoms with Gasteiger partial charge in [0.05, 0.1) is 18.4 Å². The predicted molar refractivity (Wildman–Crippen MR) is 93.2 cm³/mol. The van der Waals surface area contributed by atoms with E-state index in [9.17, 15) is 4.79 Å². The molecule has 0 radical (unpaired) electrons. The van der Waals surface area contributed by atoms with Gasteiger partial charge in [0.1, 0.15) is 11.4 Å². The molecule has 7 heteroatoms. The van der Waals surface area contributed by atoms with E-state index in [1.165, 1.54) is 0 Å². The van der Waals surface area contributed by atoms with E-state index in [1.54, 1.807) is 9.58 Å². The third kappa shape index (κ3) is 4.36. The number of hydrogen-bond donors (Lipinski definition) is 0. The summed E-state index contributed by atoms with van der Waals surface area (Å²) in [7, 11) is 0. The molecular formula is C18H24N4O3. The number of ether oxygens (including phenoxy) is 2. The van der Waals surface area contributed by atoms with Gasteiger partial charge < -0.3 is 14.4 Å². The molecule has 0 saturated carbocycles. The summed E-state index contributed by atoms with van der Waals surface area (Å²) in [4.78, 5) is 14.1. The predicted octanol–water partition coefficient (Wildman–Crippen LogP) is 1.98. The van der Waals surface area contributed by atoms with Gasteiger partial charge in [-0.15, -0.1) is 5.10 Å². The van der Waals surface area contributed by atoms with Gasteiger partial charge in [0, 0.05) is 25.2 Å². The van der Waals surface area contributed by atoms with Crippen LogP contribution in [0.2, 0.25) is 0 Å². The molecule has 1 fully saturated rings. The van der Waals surface area contributed by atoms with Gasteiger partial charge in [0.25, 0.3) is 5.91 Å². The van der Waals surface area contributed by atoms with E-state index in [-0.39, 0.29) is 18.1 Å². The first-order valence-electron chi connectivity index (χ1n) is 8.52. The molecule has 0 atom stereocenters. The molecule has 1 saturated heterocycles. The maximum Gasteiger partial charge on any atom is 0.260 e. The Morgan fingerprint density at radius 1 is 1.32 bits per heavy atom. The third-order valence-electron chi connectivity index (χ3n) is 4.15. The van der Waals surface area contributed by atoms with Crippen LogP contribution in [0.3, 0.4) is 0 Å². The van der Waals surface area contributed by atoms with E-state index in [4.69, 9.17) is 9.47 Å². The molecule has 1 aliphatic heterocycles. The number of carbonyl (C=O) groups is 1. The van der Waals surface area contributed by atoms with Gasteiger partial charge in [0.15, 0.2) is 6.61 Å². The summed E-state index contributed by atoms with van der Waals surface area (Å²) in [5.41, 5.74) is 1.49. The fourth-order valence-electron chi connectivity index (χ4n) is 2.77. The molecule has 7 nitrogen and oxygen atoms in total. The highest BCUT2D eigenvalue weighted by molar-refractivity contribution is 5.78. The molecule has 1 aromatic carbocycles. The first-order valence-corrected chi connectivity index (χ1v) is 8.52. The Balaban J connectivity index is 1.55. The average Bonchev–Trinajstić information content (AvgIpc) is 3.08. The lowest BCUT2D eigenvalue weighted by atomic mass is 10.1. The molecule has 3 rings (SSSR count). The van der Waals surface area contributed by atoms with Gasteiger partial charge >= 0.3 is 0 Å². The molecule has 2 heterocycles. The van der Waals surface area contributed by atoms with Crippen molar-refractivity contribution in [3.05, 3.63) is 30.5 Å². The average molecular weight is 344 g/mol. The summed E-state index contributed by atoms with van der Waals surface area (Å²) in [5.74, 6) is 0.638. The maximum absolute atomic E-state index is 12.3. The number of morpholine rings is 1. The van der Waals surface area contributed by atoms with E-state index in [0.717, 1.165) is 17.8 Å². The summed E-state index contributed by atoms with van der Waals surface area (Å²) in [6.07, 6.45) is 1.90. The van der Waals surface area contributed by atoms with Crippen LogP contribution in [0.5, 0.6) is 5.75 Å². The van der Waals surface area contributed by atoms with Crippen LogP contribution in [0.15, 0.2) is 30.5 Å². The second-order valence-corrected chi connectivity index (χ2v) is 6.70. The van der Waals surface area contributed by atoms with Crippen LogP contribution in [0.4, 0.5) is 0 Å². The molecular weight excluding hydrogens is 320 g/mol. The summed E-state index contributed by atoms with van der Waals surface area (Å²) < 4.78 is 13.0. The number of benzene rings is 1. The lowest BCUT2D eigenvalue weighted by molar-refractivity contribution is -0.147. The zero-order valence-corrected chi connectivity index (χ0v) is 14.9. The standard InChI is InChI=1S/C18H24N4O3/c1-4-22-11-16(19-20-22)14-5-7-15(8-6-14)24-12-17(23)21-9-10-25-18(2,3)13-21/h5-8,11H,4,9-10,12-13H2,1-3H3. The fraction of sp³-hybridized carbons (Fsp3) is 0.500. The highest BCUT2D eigenvalue weighted by Crippen LogP contribution is 2.21. The highest BCUT2D eigenvalue weighted by Gasteiger charge is 2.29. The number of hydrogen-bond acceptors (Lipinski definition) is 5. The van der Waals surface area contributed by atoms with E-state index in [0.29, 0.717) is 25.4 Å². The minimum absolute atomic E-state index is 0.0219. The first-order chi connectivity index (χ1) is 12.0. The minimum atomic E-state index is -0.300. The van der Waals surface area contributed by atoms with Crippen molar-refractivity contribution in [2.75, 3.05) is 26.3 Å². The molecule has 0 N–H and O–H groups in total. The topological polar surface area (TPSA) is 69.5 Å². The van der Waals surface area contributed by atoms with Crippen LogP contribution >= 0.6 is 0 Å². The van der Waals surface area contributed by atoms with Crippen molar-refractivity contribution in [3.63, 3.8) is 0 Å². The normalized spacial score (nSPS) is 16.7. The summed E-state index contributed by atoms with van der Waals surface area (Å²) in [5, 5.41) is 8.17. The molecule has 0 spiro atoms. The SMILES string of the molecule is CCn1cc(-c2ccc(OCC(=O)N3CCOC(C)(C)C3)cc2)nn1. The monoisotopic (exact) mass is 344 g/mol. The Kier molecular flexibility index (Phi) is 5.03. The van der Waals surface area contributed by atoms with E-state index in [1.807, 2.05) is 51.2 Å². The second kappa shape index (κ2) is 7.23. The zero-order valence-electron chi connectivity index (χ0n) is 14.9. The van der Waals surface area contributed by atoms with Gasteiger partial charge in [-0.2, -0.15) is 0 Å². The number of nitrogens with zero attached hydrogens (tertiary/aromatic N) is 4. The lowest BCUT2D eigenvalue weighted by Gasteiger charge is -2.38. The summed E-state index contributed by atoms with van der Waals surface area (Å²) >= 11 is 0. The van der Waals surface area contributed by atoms with Crippen LogP contribution in [0, 0.1) is 0 Å². The molecule has 134 valence electrons. The van der Waals surface area contributed by atoms with Crippen molar-refractivity contribution < 1.29 is 14.3 Å². The van der Waals surface area contributed by atoms with Gasteiger partial charge in [-0.25, -0.2) is 0 Å². The molecule has 2 aromatic rings. The fourth-order valence-corrected chi connectivity index (χ4v) is 2.77. The van der Waals surface area contributed by atoms with Crippen LogP contribution in [0.1, 0.15) is 20.8 Å². The quantitative estimate of drug-likeness (QED) is 0.829. The summed E-state index contributed by atoms with van der Waals surface area (Å²) in [6, 6.07) is 7.52. The van der Waals surface area contributed by atoms with Crippen LogP contribution < -0.4 is 4.74 Å².